The van der Waals surface area contributed by atoms with Gasteiger partial charge in [-0.05, 0) is 19.1 Å². The average Bonchev–Trinajstić information content (AvgIpc) is 2.94. The Morgan fingerprint density at radius 1 is 1.33 bits per heavy atom. The number of nitrogens with one attached hydrogen (secondary N) is 1. The van der Waals surface area contributed by atoms with Crippen molar-refractivity contribution in [3.8, 4) is 5.69 Å². The molecule has 2 heterocycles. The Balaban J connectivity index is 2.13. The van der Waals surface area contributed by atoms with Gasteiger partial charge in [0.2, 0.25) is 5.43 Å². The third-order valence-corrected chi connectivity index (χ3v) is 3.07. The third-order valence-electron chi connectivity index (χ3n) is 3.07. The molecule has 2 aromatic heterocycles. The lowest BCUT2D eigenvalue weighted by Gasteiger charge is -1.99. The van der Waals surface area contributed by atoms with Crippen LogP contribution in [-0.2, 0) is 4.74 Å². The van der Waals surface area contributed by atoms with Crippen molar-refractivity contribution in [2.75, 3.05) is 6.61 Å². The number of H-pyrrole nitrogens is 1. The lowest BCUT2D eigenvalue weighted by atomic mass is 10.2. The van der Waals surface area contributed by atoms with Crippen molar-refractivity contribution in [2.45, 2.75) is 6.92 Å². The standard InChI is InChI=1S/C15H13N3O3/c1-2-21-15(20)11-8-16-14-12(13(11)19)9-18(17-14)10-6-4-3-5-7-10/h3-9H,2H2,1H3,(H,16,17). The minimum atomic E-state index is -0.631. The minimum absolute atomic E-state index is 0.0167. The monoisotopic (exact) mass is 283 g/mol. The number of aromatic nitrogens is 3. The van der Waals surface area contributed by atoms with E-state index in [0.29, 0.717) is 11.0 Å². The molecule has 6 heteroatoms. The molecule has 0 saturated carbocycles. The van der Waals surface area contributed by atoms with Gasteiger partial charge in [0.25, 0.3) is 0 Å². The number of hydrogen-bond acceptors (Lipinski definition) is 4. The summed E-state index contributed by atoms with van der Waals surface area (Å²) in [7, 11) is 0. The summed E-state index contributed by atoms with van der Waals surface area (Å²) < 4.78 is 6.46. The molecule has 0 spiro atoms. The van der Waals surface area contributed by atoms with Gasteiger partial charge >= 0.3 is 5.97 Å². The second-order valence-corrected chi connectivity index (χ2v) is 4.42. The van der Waals surface area contributed by atoms with E-state index in [1.165, 1.54) is 6.20 Å². The summed E-state index contributed by atoms with van der Waals surface area (Å²) in [5.41, 5.74) is 0.859. The van der Waals surface area contributed by atoms with Crippen LogP contribution in [-0.4, -0.2) is 27.3 Å². The molecule has 0 radical (unpaired) electrons. The normalized spacial score (nSPS) is 10.7. The molecular weight excluding hydrogens is 270 g/mol. The minimum Gasteiger partial charge on any atom is -0.462 e. The number of aromatic amines is 1. The van der Waals surface area contributed by atoms with Gasteiger partial charge in [-0.3, -0.25) is 4.79 Å². The number of benzene rings is 1. The fourth-order valence-electron chi connectivity index (χ4n) is 2.07. The van der Waals surface area contributed by atoms with Crippen LogP contribution in [0.25, 0.3) is 16.7 Å². The van der Waals surface area contributed by atoms with Gasteiger partial charge < -0.3 is 9.72 Å². The van der Waals surface area contributed by atoms with Crippen molar-refractivity contribution in [3.05, 3.63) is 58.5 Å². The van der Waals surface area contributed by atoms with Gasteiger partial charge in [0, 0.05) is 12.4 Å². The van der Waals surface area contributed by atoms with E-state index in [2.05, 4.69) is 10.1 Å². The van der Waals surface area contributed by atoms with E-state index in [1.807, 2.05) is 30.3 Å². The molecule has 3 aromatic rings. The molecule has 0 fully saturated rings. The Labute approximate surface area is 120 Å². The number of carbonyl (C=O) groups is 1. The summed E-state index contributed by atoms with van der Waals surface area (Å²) >= 11 is 0. The first kappa shape index (κ1) is 13.1. The highest BCUT2D eigenvalue weighted by Crippen LogP contribution is 2.11. The number of ether oxygens (including phenoxy) is 1. The zero-order chi connectivity index (χ0) is 14.8. The zero-order valence-electron chi connectivity index (χ0n) is 11.4. The maximum Gasteiger partial charge on any atom is 0.343 e. The van der Waals surface area contributed by atoms with E-state index in [9.17, 15) is 9.59 Å². The van der Waals surface area contributed by atoms with Crippen molar-refractivity contribution in [1.29, 1.82) is 0 Å². The quantitative estimate of drug-likeness (QED) is 0.745. The molecule has 0 unspecified atom stereocenters. The van der Waals surface area contributed by atoms with Crippen LogP contribution in [0, 0.1) is 0 Å². The summed E-state index contributed by atoms with van der Waals surface area (Å²) in [6, 6.07) is 9.42. The number of fused-ring (bicyclic) bond motifs is 1. The van der Waals surface area contributed by atoms with Gasteiger partial charge in [-0.25, -0.2) is 9.48 Å². The van der Waals surface area contributed by atoms with Gasteiger partial charge in [-0.15, -0.1) is 5.10 Å². The predicted molar refractivity (Wildman–Crippen MR) is 77.6 cm³/mol. The highest BCUT2D eigenvalue weighted by Gasteiger charge is 2.16. The molecule has 0 aliphatic rings. The summed E-state index contributed by atoms with van der Waals surface area (Å²) in [5, 5.41) is 4.65. The van der Waals surface area contributed by atoms with E-state index in [4.69, 9.17) is 4.74 Å². The first-order chi connectivity index (χ1) is 10.2. The van der Waals surface area contributed by atoms with Crippen molar-refractivity contribution in [3.63, 3.8) is 0 Å². The smallest absolute Gasteiger partial charge is 0.343 e. The molecule has 6 nitrogen and oxygen atoms in total. The molecule has 1 aromatic carbocycles. The molecular formula is C15H13N3O3. The highest BCUT2D eigenvalue weighted by atomic mass is 16.5. The first-order valence-corrected chi connectivity index (χ1v) is 6.54. The Kier molecular flexibility index (Phi) is 3.27. The second-order valence-electron chi connectivity index (χ2n) is 4.42. The SMILES string of the molecule is CCOC(=O)c1c[nH]c2nn(-c3ccccc3)cc2c1=O. The van der Waals surface area contributed by atoms with E-state index in [-0.39, 0.29) is 17.6 Å². The van der Waals surface area contributed by atoms with Crippen LogP contribution in [0.4, 0.5) is 0 Å². The van der Waals surface area contributed by atoms with Crippen LogP contribution in [0.2, 0.25) is 0 Å². The summed E-state index contributed by atoms with van der Waals surface area (Å²) in [4.78, 5) is 26.9. The Bertz CT molecular complexity index is 849. The summed E-state index contributed by atoms with van der Waals surface area (Å²) in [6.45, 7) is 1.91. The topological polar surface area (TPSA) is 77.0 Å². The van der Waals surface area contributed by atoms with E-state index < -0.39 is 5.97 Å². The fourth-order valence-corrected chi connectivity index (χ4v) is 2.07. The molecule has 0 amide bonds. The highest BCUT2D eigenvalue weighted by molar-refractivity contribution is 5.92. The lowest BCUT2D eigenvalue weighted by Crippen LogP contribution is -2.17. The Morgan fingerprint density at radius 3 is 2.81 bits per heavy atom. The Hall–Kier alpha value is -2.89. The summed E-state index contributed by atoms with van der Waals surface area (Å²) in [6.07, 6.45) is 2.94. The van der Waals surface area contributed by atoms with Crippen molar-refractivity contribution >= 4 is 17.0 Å². The number of esters is 1. The molecule has 0 atom stereocenters. The van der Waals surface area contributed by atoms with Gasteiger partial charge in [-0.2, -0.15) is 0 Å². The van der Waals surface area contributed by atoms with Crippen LogP contribution < -0.4 is 5.43 Å². The molecule has 0 saturated heterocycles. The number of carbonyl (C=O) groups excluding carboxylic acids is 1. The van der Waals surface area contributed by atoms with E-state index in [0.717, 1.165) is 5.69 Å². The van der Waals surface area contributed by atoms with Crippen molar-refractivity contribution in [2.24, 2.45) is 0 Å². The fraction of sp³-hybridized carbons (Fsp3) is 0.133. The van der Waals surface area contributed by atoms with Gasteiger partial charge in [0.1, 0.15) is 5.56 Å². The lowest BCUT2D eigenvalue weighted by molar-refractivity contribution is 0.0524. The molecule has 0 aliphatic carbocycles. The van der Waals surface area contributed by atoms with E-state index in [1.54, 1.807) is 17.8 Å². The van der Waals surface area contributed by atoms with Gasteiger partial charge in [-0.1, -0.05) is 18.2 Å². The zero-order valence-corrected chi connectivity index (χ0v) is 11.4. The van der Waals surface area contributed by atoms with Gasteiger partial charge in [0.05, 0.1) is 17.7 Å². The largest absolute Gasteiger partial charge is 0.462 e. The van der Waals surface area contributed by atoms with Crippen LogP contribution in [0.5, 0.6) is 0 Å². The average molecular weight is 283 g/mol. The van der Waals surface area contributed by atoms with Crippen LogP contribution >= 0.6 is 0 Å². The van der Waals surface area contributed by atoms with Crippen LogP contribution in [0.1, 0.15) is 17.3 Å². The number of pyridine rings is 1. The molecule has 0 aliphatic heterocycles. The van der Waals surface area contributed by atoms with E-state index >= 15 is 0 Å². The maximum atomic E-state index is 12.3. The molecule has 1 N–H and O–H groups in total. The second kappa shape index (κ2) is 5.24. The number of rotatable bonds is 3. The predicted octanol–water partition coefficient (Wildman–Crippen LogP) is 1.89. The number of para-hydroxylation sites is 1. The molecule has 106 valence electrons. The molecule has 0 bridgehead atoms. The summed E-state index contributed by atoms with van der Waals surface area (Å²) in [5.74, 6) is -0.631. The first-order valence-electron chi connectivity index (χ1n) is 6.54. The van der Waals surface area contributed by atoms with Crippen LogP contribution in [0.15, 0.2) is 47.5 Å². The number of nitrogens with zero attached hydrogens (tertiary/aromatic N) is 2. The third kappa shape index (κ3) is 2.31. The molecule has 3 rings (SSSR count). The van der Waals surface area contributed by atoms with Crippen molar-refractivity contribution in [1.82, 2.24) is 14.8 Å². The molecule has 21 heavy (non-hydrogen) atoms. The Morgan fingerprint density at radius 2 is 2.10 bits per heavy atom. The van der Waals surface area contributed by atoms with Gasteiger partial charge in [0.15, 0.2) is 5.65 Å². The van der Waals surface area contributed by atoms with Crippen molar-refractivity contribution < 1.29 is 9.53 Å². The van der Waals surface area contributed by atoms with Crippen LogP contribution in [0.3, 0.4) is 0 Å². The maximum absolute atomic E-state index is 12.3. The number of hydrogen-bond donors (Lipinski definition) is 1.